The highest BCUT2D eigenvalue weighted by Crippen LogP contribution is 2.48. The van der Waals surface area contributed by atoms with Gasteiger partial charge >= 0.3 is 6.03 Å². The molecule has 5 aromatic carbocycles. The van der Waals surface area contributed by atoms with E-state index in [-0.39, 0.29) is 12.1 Å². The smallest absolute Gasteiger partial charge is 0.320 e. The molecule has 1 aliphatic heterocycles. The third kappa shape index (κ3) is 7.14. The number of hydrogen-bond acceptors (Lipinski definition) is 1. The highest BCUT2D eigenvalue weighted by molar-refractivity contribution is 7.74. The molecule has 2 unspecified atom stereocenters. The SMILES string of the molecule is O=C(Nc1ccc(Cl)c(Cl)c1)N1CC(P(c2ccccc2)c2ccccc2)CC1CP(c1ccccc1)c1ccccc1. The van der Waals surface area contributed by atoms with Gasteiger partial charge in [-0.2, -0.15) is 0 Å². The zero-order valence-corrected chi connectivity index (χ0v) is 26.9. The number of halogens is 2. The van der Waals surface area contributed by atoms with Gasteiger partial charge in [0.2, 0.25) is 0 Å². The number of rotatable bonds is 8. The number of urea groups is 1. The van der Waals surface area contributed by atoms with Gasteiger partial charge in [0, 0.05) is 23.9 Å². The first-order chi connectivity index (χ1) is 21.1. The summed E-state index contributed by atoms with van der Waals surface area (Å²) in [5, 5.41) is 9.35. The Kier molecular flexibility index (Phi) is 9.77. The van der Waals surface area contributed by atoms with Crippen LogP contribution in [0.15, 0.2) is 140 Å². The van der Waals surface area contributed by atoms with Crippen LogP contribution in [0.3, 0.4) is 0 Å². The van der Waals surface area contributed by atoms with Crippen molar-refractivity contribution in [2.75, 3.05) is 18.0 Å². The van der Waals surface area contributed by atoms with E-state index in [0.29, 0.717) is 27.9 Å². The van der Waals surface area contributed by atoms with E-state index in [0.717, 1.165) is 12.6 Å². The molecule has 2 atom stereocenters. The number of hydrogen-bond donors (Lipinski definition) is 1. The monoisotopic (exact) mass is 640 g/mol. The number of benzene rings is 5. The molecule has 0 radical (unpaired) electrons. The Morgan fingerprint density at radius 3 is 1.65 bits per heavy atom. The minimum atomic E-state index is -0.685. The molecule has 7 heteroatoms. The summed E-state index contributed by atoms with van der Waals surface area (Å²) in [4.78, 5) is 16.1. The van der Waals surface area contributed by atoms with Crippen molar-refractivity contribution in [3.63, 3.8) is 0 Å². The van der Waals surface area contributed by atoms with Gasteiger partial charge in [0.15, 0.2) is 0 Å². The van der Waals surface area contributed by atoms with Gasteiger partial charge < -0.3 is 10.2 Å². The van der Waals surface area contributed by atoms with E-state index in [4.69, 9.17) is 23.2 Å². The van der Waals surface area contributed by atoms with Crippen LogP contribution in [0, 0.1) is 0 Å². The Balaban J connectivity index is 1.36. The van der Waals surface area contributed by atoms with Crippen molar-refractivity contribution in [3.8, 4) is 0 Å². The largest absolute Gasteiger partial charge is 0.322 e. The van der Waals surface area contributed by atoms with E-state index in [1.54, 1.807) is 18.2 Å². The van der Waals surface area contributed by atoms with Crippen molar-refractivity contribution in [3.05, 3.63) is 150 Å². The van der Waals surface area contributed by atoms with Crippen molar-refractivity contribution < 1.29 is 4.79 Å². The van der Waals surface area contributed by atoms with Gasteiger partial charge in [-0.1, -0.05) is 145 Å². The molecule has 1 fully saturated rings. The highest BCUT2D eigenvalue weighted by Gasteiger charge is 2.41. The molecule has 6 rings (SSSR count). The first-order valence-electron chi connectivity index (χ1n) is 14.4. The lowest BCUT2D eigenvalue weighted by atomic mass is 10.2. The van der Waals surface area contributed by atoms with Crippen LogP contribution in [-0.2, 0) is 0 Å². The van der Waals surface area contributed by atoms with Gasteiger partial charge in [0.05, 0.1) is 10.0 Å². The van der Waals surface area contributed by atoms with Crippen molar-refractivity contribution in [2.45, 2.75) is 18.1 Å². The fourth-order valence-electron chi connectivity index (χ4n) is 5.80. The lowest BCUT2D eigenvalue weighted by Crippen LogP contribution is -2.41. The molecule has 0 saturated carbocycles. The van der Waals surface area contributed by atoms with Crippen LogP contribution in [0.5, 0.6) is 0 Å². The van der Waals surface area contributed by atoms with Crippen molar-refractivity contribution in [2.24, 2.45) is 0 Å². The highest BCUT2D eigenvalue weighted by atomic mass is 35.5. The van der Waals surface area contributed by atoms with Crippen LogP contribution in [-0.4, -0.2) is 35.3 Å². The van der Waals surface area contributed by atoms with Gasteiger partial charge in [-0.3, -0.25) is 0 Å². The Morgan fingerprint density at radius 2 is 1.16 bits per heavy atom. The molecular formula is C36H32Cl2N2OP2. The van der Waals surface area contributed by atoms with Crippen LogP contribution in [0.1, 0.15) is 6.42 Å². The molecule has 1 saturated heterocycles. The first kappa shape index (κ1) is 29.9. The van der Waals surface area contributed by atoms with Crippen LogP contribution in [0.2, 0.25) is 10.0 Å². The predicted octanol–water partition coefficient (Wildman–Crippen LogP) is 8.23. The second-order valence-corrected chi connectivity index (χ2v) is 16.1. The molecule has 0 aliphatic carbocycles. The molecular weight excluding hydrogens is 609 g/mol. The number of carbonyl (C=O) groups excluding carboxylic acids is 1. The van der Waals surface area contributed by atoms with E-state index < -0.39 is 15.8 Å². The Morgan fingerprint density at radius 1 is 0.674 bits per heavy atom. The van der Waals surface area contributed by atoms with Crippen LogP contribution in [0.25, 0.3) is 0 Å². The number of amides is 2. The molecule has 216 valence electrons. The summed E-state index contributed by atoms with van der Waals surface area (Å²) in [5.41, 5.74) is 0.955. The number of carbonyl (C=O) groups is 1. The van der Waals surface area contributed by atoms with E-state index in [1.807, 2.05) is 0 Å². The van der Waals surface area contributed by atoms with Gasteiger partial charge in [-0.25, -0.2) is 4.79 Å². The molecule has 1 N–H and O–H groups in total. The molecule has 5 aromatic rings. The molecule has 3 nitrogen and oxygen atoms in total. The third-order valence-electron chi connectivity index (χ3n) is 7.79. The van der Waals surface area contributed by atoms with Gasteiger partial charge in [0.25, 0.3) is 0 Å². The zero-order valence-electron chi connectivity index (χ0n) is 23.6. The number of likely N-dealkylation sites (tertiary alicyclic amines) is 1. The molecule has 2 amide bonds. The molecule has 0 aromatic heterocycles. The fourth-order valence-corrected chi connectivity index (χ4v) is 11.6. The predicted molar refractivity (Wildman–Crippen MR) is 187 cm³/mol. The first-order valence-corrected chi connectivity index (χ1v) is 18.1. The van der Waals surface area contributed by atoms with E-state index in [9.17, 15) is 4.79 Å². The van der Waals surface area contributed by atoms with Crippen molar-refractivity contribution >= 4 is 72.0 Å². The number of nitrogens with zero attached hydrogens (tertiary/aromatic N) is 1. The van der Waals surface area contributed by atoms with Gasteiger partial charge in [-0.05, 0) is 67.8 Å². The quantitative estimate of drug-likeness (QED) is 0.170. The summed E-state index contributed by atoms with van der Waals surface area (Å²) in [6.07, 6.45) is 1.82. The maximum Gasteiger partial charge on any atom is 0.322 e. The van der Waals surface area contributed by atoms with Crippen LogP contribution >= 0.6 is 39.0 Å². The minimum Gasteiger partial charge on any atom is -0.320 e. The van der Waals surface area contributed by atoms with Crippen molar-refractivity contribution in [1.29, 1.82) is 0 Å². The van der Waals surface area contributed by atoms with Gasteiger partial charge in [-0.15, -0.1) is 0 Å². The molecule has 0 spiro atoms. The van der Waals surface area contributed by atoms with Crippen LogP contribution < -0.4 is 26.5 Å². The fraction of sp³-hybridized carbons (Fsp3) is 0.139. The molecule has 43 heavy (non-hydrogen) atoms. The molecule has 1 aliphatic rings. The third-order valence-corrected chi connectivity index (χ3v) is 14.0. The summed E-state index contributed by atoms with van der Waals surface area (Å²) in [7, 11) is -1.37. The zero-order chi connectivity index (χ0) is 29.6. The normalized spacial score (nSPS) is 16.5. The summed E-state index contributed by atoms with van der Waals surface area (Å²) < 4.78 is 0. The Labute approximate surface area is 266 Å². The second kappa shape index (κ2) is 14.1. The lowest BCUT2D eigenvalue weighted by Gasteiger charge is -2.29. The maximum atomic E-state index is 14.1. The lowest BCUT2D eigenvalue weighted by molar-refractivity contribution is 0.211. The maximum absolute atomic E-state index is 14.1. The summed E-state index contributed by atoms with van der Waals surface area (Å²) in [6, 6.07) is 48.3. The van der Waals surface area contributed by atoms with E-state index in [1.165, 1.54) is 21.2 Å². The van der Waals surface area contributed by atoms with E-state index in [2.05, 4.69) is 132 Å². The summed E-state index contributed by atoms with van der Waals surface area (Å²) in [5.74, 6) is 0. The Hall–Kier alpha value is -3.19. The average molecular weight is 642 g/mol. The summed E-state index contributed by atoms with van der Waals surface area (Å²) in [6.45, 7) is 0.681. The second-order valence-electron chi connectivity index (χ2n) is 10.6. The van der Waals surface area contributed by atoms with Crippen LogP contribution in [0.4, 0.5) is 10.5 Å². The standard InChI is InChI=1S/C36H32Cl2N2OP2/c37-34-22-21-27(23-35(34)38)39-36(41)40-25-33(43(31-17-9-3-10-18-31)32-19-11-4-12-20-32)24-28(40)26-42(29-13-5-1-6-14-29)30-15-7-2-8-16-30/h1-23,28,33H,24-26H2,(H,39,41). The van der Waals surface area contributed by atoms with Gasteiger partial charge in [0.1, 0.15) is 0 Å². The molecule has 1 heterocycles. The van der Waals surface area contributed by atoms with E-state index >= 15 is 0 Å². The molecule has 0 bridgehead atoms. The minimum absolute atomic E-state index is 0.0664. The Bertz CT molecular complexity index is 1560. The topological polar surface area (TPSA) is 32.3 Å². The summed E-state index contributed by atoms with van der Waals surface area (Å²) >= 11 is 12.5. The number of anilines is 1. The number of nitrogens with one attached hydrogen (secondary N) is 1. The average Bonchev–Trinajstić information content (AvgIpc) is 3.47. The van der Waals surface area contributed by atoms with Crippen molar-refractivity contribution in [1.82, 2.24) is 4.90 Å².